The largest absolute Gasteiger partial charge is 0.361 e. The van der Waals surface area contributed by atoms with Gasteiger partial charge in [0.15, 0.2) is 0 Å². The first kappa shape index (κ1) is 33.6. The quantitative estimate of drug-likeness (QED) is 0.180. The van der Waals surface area contributed by atoms with Crippen LogP contribution in [-0.2, 0) is 17.6 Å². The molecule has 4 heterocycles. The predicted molar refractivity (Wildman–Crippen MR) is 198 cm³/mol. The van der Waals surface area contributed by atoms with Crippen LogP contribution in [0, 0.1) is 5.92 Å². The van der Waals surface area contributed by atoms with Gasteiger partial charge in [-0.3, -0.25) is 14.6 Å². The predicted octanol–water partition coefficient (Wildman–Crippen LogP) is 5.75. The summed E-state index contributed by atoms with van der Waals surface area (Å²) < 4.78 is 0. The molecule has 5 atom stereocenters. The van der Waals surface area contributed by atoms with Gasteiger partial charge in [0.2, 0.25) is 5.91 Å². The Morgan fingerprint density at radius 3 is 2.35 bits per heavy atom. The summed E-state index contributed by atoms with van der Waals surface area (Å²) in [6, 6.07) is 13.9. The van der Waals surface area contributed by atoms with E-state index in [1.807, 2.05) is 27.1 Å². The molecule has 0 saturated carbocycles. The van der Waals surface area contributed by atoms with E-state index in [9.17, 15) is 9.59 Å². The SMILES string of the molecule is C=CCN1C[C@H](C(=O)N(CCCN(C)C)C(=O)NCC)C[C@@H]2c3cccc4[nH]cc(c34)C[C@H]21.c1cc2c3c(c[nH]c3c1)C[C@H]1NCCC[C@H]21. The van der Waals surface area contributed by atoms with E-state index in [2.05, 4.69) is 85.8 Å². The maximum atomic E-state index is 13.7. The van der Waals surface area contributed by atoms with Crippen LogP contribution in [-0.4, -0.2) is 102 Å². The van der Waals surface area contributed by atoms with E-state index in [0.717, 1.165) is 43.8 Å². The number of imide groups is 1. The molecular weight excluding hydrogens is 610 g/mol. The van der Waals surface area contributed by atoms with Crippen LogP contribution >= 0.6 is 0 Å². The summed E-state index contributed by atoms with van der Waals surface area (Å²) >= 11 is 0. The van der Waals surface area contributed by atoms with Gasteiger partial charge in [-0.05, 0) is 107 Å². The minimum Gasteiger partial charge on any atom is -0.361 e. The monoisotopic (exact) mass is 663 g/mol. The summed E-state index contributed by atoms with van der Waals surface area (Å²) in [5.74, 6) is 0.724. The normalized spacial score (nSPS) is 24.1. The van der Waals surface area contributed by atoms with E-state index in [1.54, 1.807) is 5.56 Å². The van der Waals surface area contributed by atoms with Crippen molar-refractivity contribution in [3.05, 3.63) is 83.7 Å². The van der Waals surface area contributed by atoms with Crippen molar-refractivity contribution in [3.8, 4) is 0 Å². The zero-order chi connectivity index (χ0) is 34.1. The Bertz CT molecular complexity index is 1810. The molecular formula is C40H53N7O2. The summed E-state index contributed by atoms with van der Waals surface area (Å²) in [6.45, 7) is 10.2. The molecule has 0 radical (unpaired) electrons. The molecule has 4 N–H and O–H groups in total. The number of fused-ring (bicyclic) bond motifs is 4. The molecule has 9 nitrogen and oxygen atoms in total. The lowest BCUT2D eigenvalue weighted by molar-refractivity contribution is -0.135. The topological polar surface area (TPSA) is 99.5 Å². The van der Waals surface area contributed by atoms with Crippen LogP contribution in [0.25, 0.3) is 21.8 Å². The fraction of sp³-hybridized carbons (Fsp3) is 0.500. The summed E-state index contributed by atoms with van der Waals surface area (Å²) in [7, 11) is 4.01. The second-order valence-electron chi connectivity index (χ2n) is 14.7. The number of amides is 3. The van der Waals surface area contributed by atoms with Gasteiger partial charge in [-0.1, -0.05) is 30.3 Å². The average molecular weight is 664 g/mol. The van der Waals surface area contributed by atoms with Crippen molar-refractivity contribution in [3.63, 3.8) is 0 Å². The summed E-state index contributed by atoms with van der Waals surface area (Å²) in [5, 5.41) is 9.34. The fourth-order valence-electron chi connectivity index (χ4n) is 9.21. The number of hydrogen-bond acceptors (Lipinski definition) is 5. The number of urea groups is 1. The fourth-order valence-corrected chi connectivity index (χ4v) is 9.21. The van der Waals surface area contributed by atoms with Crippen LogP contribution in [0.4, 0.5) is 4.79 Å². The highest BCUT2D eigenvalue weighted by Crippen LogP contribution is 2.45. The third-order valence-corrected chi connectivity index (χ3v) is 11.4. The minimum atomic E-state index is -0.280. The van der Waals surface area contributed by atoms with Crippen LogP contribution in [0.5, 0.6) is 0 Å². The number of nitrogens with one attached hydrogen (secondary N) is 4. The number of aromatic nitrogens is 2. The first-order chi connectivity index (χ1) is 23.9. The average Bonchev–Trinajstić information content (AvgIpc) is 3.73. The summed E-state index contributed by atoms with van der Waals surface area (Å²) in [4.78, 5) is 39.3. The Balaban J connectivity index is 0.000000194. The van der Waals surface area contributed by atoms with Crippen molar-refractivity contribution in [2.24, 2.45) is 5.92 Å². The molecule has 260 valence electrons. The molecule has 2 aliphatic heterocycles. The van der Waals surface area contributed by atoms with Gasteiger partial charge in [0.05, 0.1) is 5.92 Å². The third-order valence-electron chi connectivity index (χ3n) is 11.4. The Morgan fingerprint density at radius 2 is 1.67 bits per heavy atom. The van der Waals surface area contributed by atoms with Crippen molar-refractivity contribution in [2.45, 2.75) is 69.4 Å². The Hall–Kier alpha value is -3.92. The minimum absolute atomic E-state index is 0.0562. The van der Waals surface area contributed by atoms with Crippen LogP contribution in [0.15, 0.2) is 61.4 Å². The van der Waals surface area contributed by atoms with Gasteiger partial charge in [-0.2, -0.15) is 0 Å². The number of carbonyl (C=O) groups is 2. The zero-order valence-corrected chi connectivity index (χ0v) is 29.4. The number of aromatic amines is 2. The van der Waals surface area contributed by atoms with E-state index in [0.29, 0.717) is 31.7 Å². The van der Waals surface area contributed by atoms with Crippen molar-refractivity contribution in [1.29, 1.82) is 0 Å². The third kappa shape index (κ3) is 6.56. The van der Waals surface area contributed by atoms with E-state index in [1.165, 1.54) is 63.7 Å². The van der Waals surface area contributed by atoms with Crippen molar-refractivity contribution < 1.29 is 9.59 Å². The molecule has 3 amide bonds. The summed E-state index contributed by atoms with van der Waals surface area (Å²) in [6.07, 6.45) is 12.6. The highest BCUT2D eigenvalue weighted by atomic mass is 16.2. The van der Waals surface area contributed by atoms with Gasteiger partial charge in [0.1, 0.15) is 0 Å². The molecule has 4 aliphatic rings. The van der Waals surface area contributed by atoms with Gasteiger partial charge >= 0.3 is 6.03 Å². The molecule has 49 heavy (non-hydrogen) atoms. The first-order valence-corrected chi connectivity index (χ1v) is 18.4. The van der Waals surface area contributed by atoms with E-state index in [-0.39, 0.29) is 23.8 Å². The molecule has 2 saturated heterocycles. The molecule has 0 bridgehead atoms. The van der Waals surface area contributed by atoms with Gasteiger partial charge in [0, 0.05) is 84.3 Å². The van der Waals surface area contributed by atoms with Gasteiger partial charge in [-0.25, -0.2) is 4.79 Å². The van der Waals surface area contributed by atoms with Crippen LogP contribution in [0.2, 0.25) is 0 Å². The lowest BCUT2D eigenvalue weighted by Gasteiger charge is -2.47. The number of likely N-dealkylation sites (tertiary alicyclic amines) is 1. The lowest BCUT2D eigenvalue weighted by atomic mass is 9.72. The molecule has 9 heteroatoms. The van der Waals surface area contributed by atoms with Gasteiger partial charge < -0.3 is 25.5 Å². The number of benzene rings is 2. The first-order valence-electron chi connectivity index (χ1n) is 18.4. The van der Waals surface area contributed by atoms with Crippen molar-refractivity contribution >= 4 is 33.7 Å². The van der Waals surface area contributed by atoms with E-state index in [4.69, 9.17) is 0 Å². The van der Waals surface area contributed by atoms with Crippen molar-refractivity contribution in [2.75, 3.05) is 53.4 Å². The Labute approximate surface area is 290 Å². The smallest absolute Gasteiger partial charge is 0.324 e. The summed E-state index contributed by atoms with van der Waals surface area (Å²) in [5.41, 5.74) is 8.23. The maximum absolute atomic E-state index is 13.7. The molecule has 2 aromatic carbocycles. The van der Waals surface area contributed by atoms with Crippen LogP contribution < -0.4 is 10.6 Å². The highest BCUT2D eigenvalue weighted by molar-refractivity contribution is 5.96. The molecule has 2 aromatic heterocycles. The number of rotatable bonds is 8. The Morgan fingerprint density at radius 1 is 0.980 bits per heavy atom. The van der Waals surface area contributed by atoms with Gasteiger partial charge in [0.25, 0.3) is 0 Å². The zero-order valence-electron chi connectivity index (χ0n) is 29.4. The lowest BCUT2D eigenvalue weighted by Crippen LogP contribution is -2.55. The number of H-pyrrole nitrogens is 2. The highest BCUT2D eigenvalue weighted by Gasteiger charge is 2.44. The van der Waals surface area contributed by atoms with Crippen molar-refractivity contribution in [1.82, 2.24) is 35.3 Å². The standard InChI is InChI=1S/C26H37N5O2.C14H16N2/c1-5-11-30-17-19(25(32)31(26(33)27-6-2)13-8-12-29(3)4)14-21-20-9-7-10-22-24(20)18(16-28-22)15-23(21)30;1-3-11-10-4-2-6-15-13(10)7-9-8-16-12(5-1)14(9)11/h5,7,9-10,16,19,21,23,28H,1,6,8,11-15,17H2,2-4H3,(H,27,33);1,3,5,8,10,13,15-16H,2,4,6-7H2/t19-,21-,23-;10-,13-/m11/s1. The van der Waals surface area contributed by atoms with E-state index >= 15 is 0 Å². The number of hydrogen-bond donors (Lipinski definition) is 4. The molecule has 8 rings (SSSR count). The maximum Gasteiger partial charge on any atom is 0.324 e. The molecule has 0 unspecified atom stereocenters. The number of nitrogens with zero attached hydrogens (tertiary/aromatic N) is 3. The second-order valence-corrected chi connectivity index (χ2v) is 14.7. The molecule has 2 fully saturated rings. The molecule has 0 spiro atoms. The van der Waals surface area contributed by atoms with Crippen LogP contribution in [0.3, 0.4) is 0 Å². The molecule has 2 aliphatic carbocycles. The van der Waals surface area contributed by atoms with E-state index < -0.39 is 0 Å². The molecule has 4 aromatic rings. The number of piperidine rings is 2. The Kier molecular flexibility index (Phi) is 9.94. The van der Waals surface area contributed by atoms with Crippen LogP contribution in [0.1, 0.15) is 66.7 Å². The second kappa shape index (κ2) is 14.5. The number of carbonyl (C=O) groups excluding carboxylic acids is 2. The van der Waals surface area contributed by atoms with Gasteiger partial charge in [-0.15, -0.1) is 6.58 Å².